The highest BCUT2D eigenvalue weighted by molar-refractivity contribution is 5.83. The number of furan rings is 1. The maximum Gasteiger partial charge on any atom is 0.200 e. The van der Waals surface area contributed by atoms with Crippen molar-refractivity contribution >= 4 is 11.6 Å². The monoisotopic (exact) mass is 395 g/mol. The molecule has 146 valence electrons. The van der Waals surface area contributed by atoms with E-state index in [-0.39, 0.29) is 12.0 Å². The third-order valence-corrected chi connectivity index (χ3v) is 4.15. The van der Waals surface area contributed by atoms with Crippen LogP contribution >= 0.6 is 0 Å². The van der Waals surface area contributed by atoms with E-state index >= 15 is 0 Å². The lowest BCUT2D eigenvalue weighted by molar-refractivity contribution is 0.376. The fourth-order valence-electron chi connectivity index (χ4n) is 2.68. The van der Waals surface area contributed by atoms with Crippen molar-refractivity contribution in [2.24, 2.45) is 0 Å². The molecule has 0 aliphatic rings. The minimum absolute atomic E-state index is 0.155. The van der Waals surface area contributed by atoms with Gasteiger partial charge in [-0.05, 0) is 30.2 Å². The first-order valence-electron chi connectivity index (χ1n) is 8.07. The highest BCUT2D eigenvalue weighted by atomic mass is 19.2. The lowest BCUT2D eigenvalue weighted by atomic mass is 9.96. The van der Waals surface area contributed by atoms with Gasteiger partial charge in [-0.25, -0.2) is 22.0 Å². The number of aryl methyl sites for hydroxylation is 1. The van der Waals surface area contributed by atoms with E-state index in [9.17, 15) is 22.0 Å². The molecular weight excluding hydrogens is 381 g/mol. The van der Waals surface area contributed by atoms with Crippen LogP contribution in [0.3, 0.4) is 0 Å². The van der Waals surface area contributed by atoms with Crippen molar-refractivity contribution in [3.05, 3.63) is 82.3 Å². The molecule has 3 rings (SSSR count). The van der Waals surface area contributed by atoms with Gasteiger partial charge in [0.1, 0.15) is 5.75 Å². The molecule has 1 aromatic carbocycles. The largest absolute Gasteiger partial charge is 0.497 e. The molecule has 2 aromatic heterocycles. The van der Waals surface area contributed by atoms with Crippen molar-refractivity contribution in [3.8, 4) is 5.75 Å². The molecule has 0 saturated carbocycles. The predicted octanol–water partition coefficient (Wildman–Crippen LogP) is 5.47. The van der Waals surface area contributed by atoms with Gasteiger partial charge in [-0.3, -0.25) is 4.98 Å². The zero-order valence-electron chi connectivity index (χ0n) is 14.8. The number of hydrogen-bond donors (Lipinski definition) is 0. The zero-order valence-corrected chi connectivity index (χ0v) is 14.8. The number of rotatable bonds is 5. The van der Waals surface area contributed by atoms with Gasteiger partial charge in [0, 0.05) is 29.9 Å². The molecule has 0 N–H and O–H groups in total. The van der Waals surface area contributed by atoms with E-state index in [1.807, 2.05) is 0 Å². The lowest BCUT2D eigenvalue weighted by Crippen LogP contribution is -2.08. The highest BCUT2D eigenvalue weighted by Crippen LogP contribution is 2.32. The average Bonchev–Trinajstić information content (AvgIpc) is 3.09. The van der Waals surface area contributed by atoms with Crippen LogP contribution in [0, 0.1) is 36.0 Å². The number of ether oxygens (including phenoxy) is 1. The van der Waals surface area contributed by atoms with Crippen molar-refractivity contribution in [2.75, 3.05) is 7.11 Å². The second kappa shape index (κ2) is 7.84. The number of allylic oxidation sites excluding steroid dienone is 1. The van der Waals surface area contributed by atoms with Crippen molar-refractivity contribution in [3.63, 3.8) is 0 Å². The standard InChI is InChI=1S/C20H14F5NO2/c1-10-8-28-9-12(10)5-11(6-13-7-14(27-2)3-4-26-13)15-16(21)18(23)20(25)19(24)17(15)22/h3-5,7-9H,6H2,1-2H3/b11-5-. The van der Waals surface area contributed by atoms with Crippen molar-refractivity contribution in [2.45, 2.75) is 13.3 Å². The van der Waals surface area contributed by atoms with Crippen LogP contribution in [0.4, 0.5) is 22.0 Å². The molecule has 8 heteroatoms. The Morgan fingerprint density at radius 1 is 1.04 bits per heavy atom. The Labute approximate surface area is 157 Å². The van der Waals surface area contributed by atoms with Crippen molar-refractivity contribution < 1.29 is 31.1 Å². The Morgan fingerprint density at radius 2 is 1.68 bits per heavy atom. The number of halogens is 5. The molecule has 0 radical (unpaired) electrons. The van der Waals surface area contributed by atoms with Crippen LogP contribution in [-0.4, -0.2) is 12.1 Å². The Balaban J connectivity index is 2.21. The quantitative estimate of drug-likeness (QED) is 0.326. The summed E-state index contributed by atoms with van der Waals surface area (Å²) in [7, 11) is 1.43. The minimum Gasteiger partial charge on any atom is -0.497 e. The number of hydrogen-bond acceptors (Lipinski definition) is 3. The molecule has 0 unspecified atom stereocenters. The van der Waals surface area contributed by atoms with E-state index in [0.29, 0.717) is 22.6 Å². The van der Waals surface area contributed by atoms with Crippen LogP contribution in [0.2, 0.25) is 0 Å². The fourth-order valence-corrected chi connectivity index (χ4v) is 2.68. The third-order valence-electron chi connectivity index (χ3n) is 4.15. The van der Waals surface area contributed by atoms with Crippen LogP contribution < -0.4 is 4.74 Å². The predicted molar refractivity (Wildman–Crippen MR) is 92.0 cm³/mol. The molecule has 0 atom stereocenters. The summed E-state index contributed by atoms with van der Waals surface area (Å²) in [5, 5.41) is 0. The number of benzene rings is 1. The van der Waals surface area contributed by atoms with Gasteiger partial charge in [0.15, 0.2) is 23.3 Å². The summed E-state index contributed by atoms with van der Waals surface area (Å²) in [6.45, 7) is 1.68. The maximum absolute atomic E-state index is 14.4. The lowest BCUT2D eigenvalue weighted by Gasteiger charge is -2.13. The fraction of sp³-hybridized carbons (Fsp3) is 0.150. The van der Waals surface area contributed by atoms with Gasteiger partial charge >= 0.3 is 0 Å². The molecule has 0 spiro atoms. The van der Waals surface area contributed by atoms with Crippen LogP contribution in [0.15, 0.2) is 35.3 Å². The average molecular weight is 395 g/mol. The molecular formula is C20H14F5NO2. The van der Waals surface area contributed by atoms with E-state index < -0.39 is 34.6 Å². The van der Waals surface area contributed by atoms with Crippen molar-refractivity contribution in [1.82, 2.24) is 4.98 Å². The molecule has 0 aliphatic heterocycles. The summed E-state index contributed by atoms with van der Waals surface area (Å²) >= 11 is 0. The van der Waals surface area contributed by atoms with Gasteiger partial charge in [0.05, 0.1) is 25.2 Å². The van der Waals surface area contributed by atoms with E-state index in [1.165, 1.54) is 38.0 Å². The van der Waals surface area contributed by atoms with E-state index in [0.717, 1.165) is 0 Å². The van der Waals surface area contributed by atoms with Gasteiger partial charge in [-0.15, -0.1) is 0 Å². The van der Waals surface area contributed by atoms with Gasteiger partial charge in [-0.2, -0.15) is 0 Å². The molecule has 28 heavy (non-hydrogen) atoms. The Bertz CT molecular complexity index is 1030. The second-order valence-corrected chi connectivity index (χ2v) is 5.99. The summed E-state index contributed by atoms with van der Waals surface area (Å²) in [6.07, 6.45) is 5.21. The maximum atomic E-state index is 14.4. The molecule has 0 saturated heterocycles. The summed E-state index contributed by atoms with van der Waals surface area (Å²) < 4.78 is 79.8. The Hall–Kier alpha value is -3.16. The number of nitrogens with zero attached hydrogens (tertiary/aromatic N) is 1. The third kappa shape index (κ3) is 3.62. The first kappa shape index (κ1) is 19.6. The van der Waals surface area contributed by atoms with Gasteiger partial charge in [0.2, 0.25) is 5.82 Å². The number of methoxy groups -OCH3 is 1. The number of aromatic nitrogens is 1. The summed E-state index contributed by atoms with van der Waals surface area (Å²) in [6, 6.07) is 3.06. The van der Waals surface area contributed by atoms with Crippen LogP contribution in [-0.2, 0) is 6.42 Å². The van der Waals surface area contributed by atoms with Gasteiger partial charge in [0.25, 0.3) is 0 Å². The van der Waals surface area contributed by atoms with Gasteiger partial charge in [-0.1, -0.05) is 0 Å². The molecule has 2 heterocycles. The summed E-state index contributed by atoms with van der Waals surface area (Å²) in [4.78, 5) is 4.08. The molecule has 0 fully saturated rings. The molecule has 0 aliphatic carbocycles. The van der Waals surface area contributed by atoms with E-state index in [4.69, 9.17) is 9.15 Å². The smallest absolute Gasteiger partial charge is 0.200 e. The van der Waals surface area contributed by atoms with Crippen LogP contribution in [0.1, 0.15) is 22.4 Å². The zero-order chi connectivity index (χ0) is 20.4. The van der Waals surface area contributed by atoms with Crippen molar-refractivity contribution in [1.29, 1.82) is 0 Å². The molecule has 0 bridgehead atoms. The SMILES string of the molecule is COc1ccnc(C/C(=C/c2cocc2C)c2c(F)c(F)c(F)c(F)c2F)c1. The van der Waals surface area contributed by atoms with E-state index in [1.54, 1.807) is 13.0 Å². The summed E-state index contributed by atoms with van der Waals surface area (Å²) in [5.41, 5.74) is 0.206. The number of pyridine rings is 1. The van der Waals surface area contributed by atoms with E-state index in [2.05, 4.69) is 4.98 Å². The highest BCUT2D eigenvalue weighted by Gasteiger charge is 2.28. The molecule has 3 aromatic rings. The normalized spacial score (nSPS) is 11.8. The summed E-state index contributed by atoms with van der Waals surface area (Å²) in [5.74, 6) is -9.62. The second-order valence-electron chi connectivity index (χ2n) is 5.99. The minimum atomic E-state index is -2.21. The molecule has 3 nitrogen and oxygen atoms in total. The van der Waals surface area contributed by atoms with Gasteiger partial charge < -0.3 is 9.15 Å². The first-order valence-corrected chi connectivity index (χ1v) is 8.07. The Kier molecular flexibility index (Phi) is 5.48. The topological polar surface area (TPSA) is 35.3 Å². The first-order chi connectivity index (χ1) is 13.3. The Morgan fingerprint density at radius 3 is 2.25 bits per heavy atom. The molecule has 0 amide bonds. The van der Waals surface area contributed by atoms with Crippen LogP contribution in [0.25, 0.3) is 11.6 Å². The van der Waals surface area contributed by atoms with Crippen LogP contribution in [0.5, 0.6) is 5.75 Å².